The summed E-state index contributed by atoms with van der Waals surface area (Å²) < 4.78 is 4.50. The van der Waals surface area contributed by atoms with E-state index in [1.165, 1.54) is 24.9 Å². The lowest BCUT2D eigenvalue weighted by molar-refractivity contribution is 0.0947. The molecule has 0 fully saturated rings. The van der Waals surface area contributed by atoms with Gasteiger partial charge in [0.2, 0.25) is 6.39 Å². The van der Waals surface area contributed by atoms with Crippen LogP contribution in [0.2, 0.25) is 0 Å². The molecule has 2 aromatic rings. The molecule has 0 spiro atoms. The fourth-order valence-electron chi connectivity index (χ4n) is 1.10. The van der Waals surface area contributed by atoms with Crippen LogP contribution in [0.1, 0.15) is 16.2 Å². The van der Waals surface area contributed by atoms with E-state index in [0.29, 0.717) is 5.82 Å². The summed E-state index contributed by atoms with van der Waals surface area (Å²) >= 11 is 0. The van der Waals surface area contributed by atoms with Gasteiger partial charge in [-0.1, -0.05) is 5.16 Å². The molecule has 2 N–H and O–H groups in total. The molecule has 0 bridgehead atoms. The van der Waals surface area contributed by atoms with Crippen LogP contribution in [0.25, 0.3) is 0 Å². The molecule has 0 atom stereocenters. The first-order valence-electron chi connectivity index (χ1n) is 4.44. The number of rotatable bonds is 3. The van der Waals surface area contributed by atoms with E-state index in [9.17, 15) is 9.90 Å². The Balaban J connectivity index is 2.01. The van der Waals surface area contributed by atoms with Crippen molar-refractivity contribution in [3.05, 3.63) is 36.2 Å². The minimum atomic E-state index is -0.426. The van der Waals surface area contributed by atoms with Crippen LogP contribution in [-0.2, 0) is 6.54 Å². The second-order valence-electron chi connectivity index (χ2n) is 2.92. The zero-order valence-corrected chi connectivity index (χ0v) is 8.12. The Hall–Kier alpha value is -2.44. The van der Waals surface area contributed by atoms with Crippen molar-refractivity contribution >= 4 is 5.91 Å². The summed E-state index contributed by atoms with van der Waals surface area (Å²) in [6.07, 6.45) is 3.79. The molecule has 1 amide bonds. The van der Waals surface area contributed by atoms with Crippen molar-refractivity contribution in [1.82, 2.24) is 20.4 Å². The Morgan fingerprint density at radius 2 is 2.44 bits per heavy atom. The quantitative estimate of drug-likeness (QED) is 0.760. The fourth-order valence-corrected chi connectivity index (χ4v) is 1.10. The van der Waals surface area contributed by atoms with E-state index in [1.807, 2.05) is 0 Å². The van der Waals surface area contributed by atoms with Crippen molar-refractivity contribution < 1.29 is 14.4 Å². The number of aromatic nitrogens is 3. The van der Waals surface area contributed by atoms with Crippen LogP contribution in [0.3, 0.4) is 0 Å². The number of hydrogen-bond acceptors (Lipinski definition) is 6. The van der Waals surface area contributed by atoms with Crippen LogP contribution in [0, 0.1) is 0 Å². The average molecular weight is 220 g/mol. The maximum atomic E-state index is 11.6. The van der Waals surface area contributed by atoms with Gasteiger partial charge in [0, 0.05) is 6.20 Å². The number of nitrogens with zero attached hydrogens (tertiary/aromatic N) is 3. The number of hydrogen-bond donors (Lipinski definition) is 2. The molecule has 0 unspecified atom stereocenters. The van der Waals surface area contributed by atoms with Crippen LogP contribution in [0.4, 0.5) is 0 Å². The lowest BCUT2D eigenvalue weighted by Gasteiger charge is -2.03. The van der Waals surface area contributed by atoms with Crippen molar-refractivity contribution in [3.63, 3.8) is 0 Å². The molecule has 2 rings (SSSR count). The summed E-state index contributed by atoms with van der Waals surface area (Å²) in [5.74, 6) is -0.236. The molecule has 0 aromatic carbocycles. The second kappa shape index (κ2) is 4.39. The molecule has 82 valence electrons. The van der Waals surface area contributed by atoms with E-state index in [2.05, 4.69) is 25.0 Å². The zero-order chi connectivity index (χ0) is 11.4. The molecular weight excluding hydrogens is 212 g/mol. The third kappa shape index (κ3) is 2.14. The molecule has 7 heteroatoms. The number of carbonyl (C=O) groups excluding carboxylic acids is 1. The Kier molecular flexibility index (Phi) is 2.77. The predicted molar refractivity (Wildman–Crippen MR) is 51.4 cm³/mol. The maximum Gasteiger partial charge on any atom is 0.255 e. The first kappa shape index (κ1) is 10.1. The number of nitrogens with one attached hydrogen (secondary N) is 1. The number of aromatic hydroxyl groups is 1. The minimum Gasteiger partial charge on any atom is -0.505 e. The Bertz CT molecular complexity index is 483. The van der Waals surface area contributed by atoms with Gasteiger partial charge in [0.25, 0.3) is 5.91 Å². The van der Waals surface area contributed by atoms with E-state index in [-0.39, 0.29) is 17.9 Å². The highest BCUT2D eigenvalue weighted by Gasteiger charge is 2.10. The summed E-state index contributed by atoms with van der Waals surface area (Å²) in [7, 11) is 0. The molecule has 0 aliphatic rings. The SMILES string of the molecule is O=C(NCc1ncon1)c1ccncc1O. The number of amides is 1. The highest BCUT2D eigenvalue weighted by Crippen LogP contribution is 2.13. The molecule has 0 saturated heterocycles. The summed E-state index contributed by atoms with van der Waals surface area (Å²) in [5.41, 5.74) is 0.151. The summed E-state index contributed by atoms with van der Waals surface area (Å²) in [4.78, 5) is 19.0. The van der Waals surface area contributed by atoms with Gasteiger partial charge in [-0.3, -0.25) is 9.78 Å². The minimum absolute atomic E-state index is 0.136. The topological polar surface area (TPSA) is 101 Å². The van der Waals surface area contributed by atoms with E-state index in [1.54, 1.807) is 0 Å². The predicted octanol–water partition coefficient (Wildman–Crippen LogP) is 0.100. The standard InChI is InChI=1S/C9H8N4O3/c14-7-3-10-2-1-6(7)9(15)11-4-8-12-5-16-13-8/h1-3,5,14H,4H2,(H,11,15). The van der Waals surface area contributed by atoms with Gasteiger partial charge in [0.1, 0.15) is 5.75 Å². The van der Waals surface area contributed by atoms with Crippen LogP contribution in [-0.4, -0.2) is 26.1 Å². The third-order valence-corrected chi connectivity index (χ3v) is 1.86. The monoisotopic (exact) mass is 220 g/mol. The normalized spacial score (nSPS) is 10.0. The molecule has 0 radical (unpaired) electrons. The third-order valence-electron chi connectivity index (χ3n) is 1.86. The van der Waals surface area contributed by atoms with Gasteiger partial charge in [0.15, 0.2) is 5.82 Å². The van der Waals surface area contributed by atoms with Crippen molar-refractivity contribution in [3.8, 4) is 5.75 Å². The van der Waals surface area contributed by atoms with Crippen molar-refractivity contribution in [2.75, 3.05) is 0 Å². The van der Waals surface area contributed by atoms with Crippen molar-refractivity contribution in [2.45, 2.75) is 6.54 Å². The van der Waals surface area contributed by atoms with Gasteiger partial charge < -0.3 is 14.9 Å². The number of pyridine rings is 1. The lowest BCUT2D eigenvalue weighted by Crippen LogP contribution is -2.23. The lowest BCUT2D eigenvalue weighted by atomic mass is 10.2. The Morgan fingerprint density at radius 1 is 1.56 bits per heavy atom. The van der Waals surface area contributed by atoms with E-state index in [0.717, 1.165) is 0 Å². The molecule has 0 aliphatic carbocycles. The molecule has 2 heterocycles. The first-order chi connectivity index (χ1) is 7.77. The average Bonchev–Trinajstić information content (AvgIpc) is 2.79. The molecule has 0 aliphatic heterocycles. The summed E-state index contributed by atoms with van der Waals surface area (Å²) in [6.45, 7) is 0.136. The molecular formula is C9H8N4O3. The molecule has 2 aromatic heterocycles. The van der Waals surface area contributed by atoms with Crippen LogP contribution in [0.5, 0.6) is 5.75 Å². The summed E-state index contributed by atoms with van der Waals surface area (Å²) in [5, 5.41) is 15.4. The maximum absolute atomic E-state index is 11.6. The zero-order valence-electron chi connectivity index (χ0n) is 8.12. The fraction of sp³-hybridized carbons (Fsp3) is 0.111. The first-order valence-corrected chi connectivity index (χ1v) is 4.44. The van der Waals surface area contributed by atoms with Crippen molar-refractivity contribution in [1.29, 1.82) is 0 Å². The van der Waals surface area contributed by atoms with Crippen LogP contribution in [0.15, 0.2) is 29.4 Å². The van der Waals surface area contributed by atoms with Gasteiger partial charge in [-0.2, -0.15) is 4.98 Å². The highest BCUT2D eigenvalue weighted by molar-refractivity contribution is 5.96. The van der Waals surface area contributed by atoms with E-state index >= 15 is 0 Å². The van der Waals surface area contributed by atoms with E-state index < -0.39 is 5.91 Å². The molecule has 7 nitrogen and oxygen atoms in total. The molecule has 16 heavy (non-hydrogen) atoms. The second-order valence-corrected chi connectivity index (χ2v) is 2.92. The van der Waals surface area contributed by atoms with Gasteiger partial charge in [-0.15, -0.1) is 0 Å². The Labute approximate surface area is 90.1 Å². The van der Waals surface area contributed by atoms with Crippen LogP contribution < -0.4 is 5.32 Å². The number of carbonyl (C=O) groups is 1. The smallest absolute Gasteiger partial charge is 0.255 e. The largest absolute Gasteiger partial charge is 0.505 e. The van der Waals surface area contributed by atoms with Crippen LogP contribution >= 0.6 is 0 Å². The Morgan fingerprint density at radius 3 is 3.12 bits per heavy atom. The van der Waals surface area contributed by atoms with Gasteiger partial charge in [-0.25, -0.2) is 0 Å². The van der Waals surface area contributed by atoms with Gasteiger partial charge >= 0.3 is 0 Å². The summed E-state index contributed by atoms with van der Waals surface area (Å²) in [6, 6.07) is 1.42. The molecule has 0 saturated carbocycles. The highest BCUT2D eigenvalue weighted by atomic mass is 16.5. The van der Waals surface area contributed by atoms with Crippen molar-refractivity contribution in [2.24, 2.45) is 0 Å². The van der Waals surface area contributed by atoms with Gasteiger partial charge in [-0.05, 0) is 6.07 Å². The van der Waals surface area contributed by atoms with Gasteiger partial charge in [0.05, 0.1) is 18.3 Å². The van der Waals surface area contributed by atoms with E-state index in [4.69, 9.17) is 0 Å².